The Hall–Kier alpha value is -1.39. The minimum atomic E-state index is -0.457. The number of hydrogen-bond donors (Lipinski definition) is 1. The monoisotopic (exact) mass is 169 g/mol. The second kappa shape index (κ2) is 3.85. The molecule has 1 aromatic rings. The van der Waals surface area contributed by atoms with Crippen LogP contribution in [0.4, 0.5) is 0 Å². The first-order chi connectivity index (χ1) is 5.72. The maximum atomic E-state index is 10.4. The van der Waals surface area contributed by atoms with Gasteiger partial charge in [-0.05, 0) is 6.42 Å². The summed E-state index contributed by atoms with van der Waals surface area (Å²) in [5, 5.41) is 3.67. The first-order valence-corrected chi connectivity index (χ1v) is 3.82. The number of nitrogens with two attached hydrogens (primary N) is 1. The number of hydrogen-bond acceptors (Lipinski definition) is 4. The largest absolute Gasteiger partial charge is 0.369 e. The van der Waals surface area contributed by atoms with Crippen LogP contribution in [0.25, 0.3) is 0 Å². The van der Waals surface area contributed by atoms with Gasteiger partial charge in [0.05, 0.1) is 0 Å². The summed E-state index contributed by atoms with van der Waals surface area (Å²) >= 11 is 0. The molecule has 5 heteroatoms. The molecule has 0 aliphatic heterocycles. The highest BCUT2D eigenvalue weighted by Crippen LogP contribution is 2.00. The number of aryl methyl sites for hydroxylation is 1. The van der Waals surface area contributed by atoms with E-state index in [2.05, 4.69) is 10.1 Å². The molecule has 0 saturated carbocycles. The Morgan fingerprint density at radius 1 is 1.67 bits per heavy atom. The fraction of sp³-hybridized carbons (Fsp3) is 0.571. The van der Waals surface area contributed by atoms with Crippen LogP contribution in [0.3, 0.4) is 0 Å². The molecule has 66 valence electrons. The lowest BCUT2D eigenvalue weighted by molar-refractivity contribution is -0.117. The van der Waals surface area contributed by atoms with Gasteiger partial charge in [-0.25, -0.2) is 0 Å². The molecule has 1 rings (SSSR count). The molecule has 12 heavy (non-hydrogen) atoms. The molecule has 0 atom stereocenters. The molecular weight excluding hydrogens is 158 g/mol. The molecule has 0 radical (unpaired) electrons. The predicted octanol–water partition coefficient (Wildman–Crippen LogP) is 0.0499. The van der Waals surface area contributed by atoms with E-state index >= 15 is 0 Å². The van der Waals surface area contributed by atoms with Gasteiger partial charge in [-0.15, -0.1) is 0 Å². The molecule has 5 nitrogen and oxygen atoms in total. The van der Waals surface area contributed by atoms with E-state index in [0.29, 0.717) is 11.7 Å². The second-order valence-corrected chi connectivity index (χ2v) is 2.50. The lowest BCUT2D eigenvalue weighted by atomic mass is 10.3. The van der Waals surface area contributed by atoms with Gasteiger partial charge < -0.3 is 10.3 Å². The Balaban J connectivity index is 2.58. The van der Waals surface area contributed by atoms with E-state index in [1.807, 2.05) is 6.92 Å². The van der Waals surface area contributed by atoms with Crippen LogP contribution in [0.15, 0.2) is 4.52 Å². The molecule has 0 spiro atoms. The Morgan fingerprint density at radius 3 is 3.00 bits per heavy atom. The molecule has 2 N–H and O–H groups in total. The number of carbonyl (C=O) groups is 1. The van der Waals surface area contributed by atoms with Gasteiger partial charge in [0.2, 0.25) is 11.8 Å². The number of amides is 1. The highest BCUT2D eigenvalue weighted by atomic mass is 16.5. The van der Waals surface area contributed by atoms with E-state index in [1.54, 1.807) is 0 Å². The Labute approximate surface area is 69.9 Å². The van der Waals surface area contributed by atoms with Gasteiger partial charge in [0, 0.05) is 6.42 Å². The van der Waals surface area contributed by atoms with Crippen LogP contribution >= 0.6 is 0 Å². The smallest absolute Gasteiger partial charge is 0.236 e. The van der Waals surface area contributed by atoms with E-state index in [-0.39, 0.29) is 6.42 Å². The van der Waals surface area contributed by atoms with Crippen LogP contribution < -0.4 is 5.73 Å². The van der Waals surface area contributed by atoms with Crippen molar-refractivity contribution in [2.45, 2.75) is 26.2 Å². The maximum Gasteiger partial charge on any atom is 0.236 e. The number of rotatable bonds is 4. The zero-order valence-corrected chi connectivity index (χ0v) is 6.91. The normalized spacial score (nSPS) is 10.1. The third-order valence-electron chi connectivity index (χ3n) is 1.31. The molecule has 0 aliphatic carbocycles. The van der Waals surface area contributed by atoms with Crippen molar-refractivity contribution >= 4 is 5.91 Å². The predicted molar refractivity (Wildman–Crippen MR) is 41.2 cm³/mol. The summed E-state index contributed by atoms with van der Waals surface area (Å²) in [7, 11) is 0. The number of carbonyl (C=O) groups excluding carboxylic acids is 1. The lowest BCUT2D eigenvalue weighted by Crippen LogP contribution is -2.13. The van der Waals surface area contributed by atoms with Crippen molar-refractivity contribution < 1.29 is 9.32 Å². The molecule has 1 aromatic heterocycles. The standard InChI is InChI=1S/C7H11N3O2/c1-2-3-6-9-7(12-10-6)4-5(8)11/h2-4H2,1H3,(H2,8,11). The van der Waals surface area contributed by atoms with Crippen LogP contribution in [0.1, 0.15) is 25.1 Å². The summed E-state index contributed by atoms with van der Waals surface area (Å²) in [6.07, 6.45) is 1.74. The van der Waals surface area contributed by atoms with Crippen molar-refractivity contribution in [2.24, 2.45) is 5.73 Å². The minimum absolute atomic E-state index is 0.0245. The van der Waals surface area contributed by atoms with Gasteiger partial charge in [-0.1, -0.05) is 12.1 Å². The first kappa shape index (κ1) is 8.70. The average Bonchev–Trinajstić information content (AvgIpc) is 2.36. The lowest BCUT2D eigenvalue weighted by Gasteiger charge is -1.84. The van der Waals surface area contributed by atoms with Crippen LogP contribution in [-0.4, -0.2) is 16.0 Å². The third kappa shape index (κ3) is 2.34. The highest BCUT2D eigenvalue weighted by molar-refractivity contribution is 5.75. The quantitative estimate of drug-likeness (QED) is 0.690. The van der Waals surface area contributed by atoms with Crippen LogP contribution in [-0.2, 0) is 17.6 Å². The summed E-state index contributed by atoms with van der Waals surface area (Å²) in [6, 6.07) is 0. The molecule has 0 unspecified atom stereocenters. The molecule has 0 fully saturated rings. The maximum absolute atomic E-state index is 10.4. The van der Waals surface area contributed by atoms with Crippen molar-refractivity contribution in [3.05, 3.63) is 11.7 Å². The van der Waals surface area contributed by atoms with Crippen molar-refractivity contribution in [1.29, 1.82) is 0 Å². The Bertz CT molecular complexity index is 269. The summed E-state index contributed by atoms with van der Waals surface area (Å²) in [4.78, 5) is 14.4. The van der Waals surface area contributed by atoms with Gasteiger partial charge in [0.1, 0.15) is 6.42 Å². The summed E-state index contributed by atoms with van der Waals surface area (Å²) in [6.45, 7) is 2.02. The molecule has 1 amide bonds. The van der Waals surface area contributed by atoms with E-state index < -0.39 is 5.91 Å². The number of nitrogens with zero attached hydrogens (tertiary/aromatic N) is 2. The fourth-order valence-electron chi connectivity index (χ4n) is 0.836. The van der Waals surface area contributed by atoms with E-state index in [1.165, 1.54) is 0 Å². The number of aromatic nitrogens is 2. The molecular formula is C7H11N3O2. The molecule has 0 saturated heterocycles. The topological polar surface area (TPSA) is 82.0 Å². The van der Waals surface area contributed by atoms with E-state index in [0.717, 1.165) is 12.8 Å². The third-order valence-corrected chi connectivity index (χ3v) is 1.31. The van der Waals surface area contributed by atoms with Crippen molar-refractivity contribution in [3.8, 4) is 0 Å². The van der Waals surface area contributed by atoms with E-state index in [4.69, 9.17) is 10.3 Å². The zero-order valence-electron chi connectivity index (χ0n) is 6.91. The van der Waals surface area contributed by atoms with Gasteiger partial charge in [-0.3, -0.25) is 4.79 Å². The van der Waals surface area contributed by atoms with Crippen LogP contribution in [0.2, 0.25) is 0 Å². The highest BCUT2D eigenvalue weighted by Gasteiger charge is 2.07. The van der Waals surface area contributed by atoms with Crippen molar-refractivity contribution in [2.75, 3.05) is 0 Å². The first-order valence-electron chi connectivity index (χ1n) is 3.82. The SMILES string of the molecule is CCCc1noc(CC(N)=O)n1. The summed E-state index contributed by atoms with van der Waals surface area (Å²) < 4.78 is 4.77. The van der Waals surface area contributed by atoms with Gasteiger partial charge in [0.15, 0.2) is 5.82 Å². The van der Waals surface area contributed by atoms with Gasteiger partial charge >= 0.3 is 0 Å². The van der Waals surface area contributed by atoms with Crippen molar-refractivity contribution in [1.82, 2.24) is 10.1 Å². The van der Waals surface area contributed by atoms with E-state index in [9.17, 15) is 4.79 Å². The summed E-state index contributed by atoms with van der Waals surface area (Å²) in [5.41, 5.74) is 4.94. The van der Waals surface area contributed by atoms with Crippen LogP contribution in [0.5, 0.6) is 0 Å². The minimum Gasteiger partial charge on any atom is -0.369 e. The molecule has 0 aromatic carbocycles. The summed E-state index contributed by atoms with van der Waals surface area (Å²) in [5.74, 6) is 0.474. The Morgan fingerprint density at radius 2 is 2.42 bits per heavy atom. The van der Waals surface area contributed by atoms with Crippen LogP contribution in [0, 0.1) is 0 Å². The second-order valence-electron chi connectivity index (χ2n) is 2.50. The fourth-order valence-corrected chi connectivity index (χ4v) is 0.836. The molecule has 0 aliphatic rings. The average molecular weight is 169 g/mol. The molecule has 1 heterocycles. The zero-order chi connectivity index (χ0) is 8.97. The van der Waals surface area contributed by atoms with Gasteiger partial charge in [0.25, 0.3) is 0 Å². The van der Waals surface area contributed by atoms with Crippen molar-refractivity contribution in [3.63, 3.8) is 0 Å². The van der Waals surface area contributed by atoms with Gasteiger partial charge in [-0.2, -0.15) is 4.98 Å². The molecule has 0 bridgehead atoms. The Kier molecular flexibility index (Phi) is 2.79. The number of primary amides is 1.